The monoisotopic (exact) mass is 222 g/mol. The summed E-state index contributed by atoms with van der Waals surface area (Å²) in [5.74, 6) is 1.55. The van der Waals surface area contributed by atoms with E-state index in [1.807, 2.05) is 11.3 Å². The van der Waals surface area contributed by atoms with Gasteiger partial charge in [0.2, 0.25) is 0 Å². The zero-order chi connectivity index (χ0) is 10.3. The van der Waals surface area contributed by atoms with E-state index >= 15 is 0 Å². The molecule has 1 aromatic heterocycles. The van der Waals surface area contributed by atoms with E-state index in [1.54, 1.807) is 0 Å². The van der Waals surface area contributed by atoms with Crippen molar-refractivity contribution in [3.8, 4) is 0 Å². The summed E-state index contributed by atoms with van der Waals surface area (Å²) in [6.07, 6.45) is 5.29. The summed E-state index contributed by atoms with van der Waals surface area (Å²) >= 11 is 1.95. The molecule has 3 heteroatoms. The molecule has 1 aliphatic carbocycles. The van der Waals surface area contributed by atoms with Crippen LogP contribution in [0.2, 0.25) is 0 Å². The summed E-state index contributed by atoms with van der Waals surface area (Å²) in [6, 6.07) is 0. The zero-order valence-electron chi connectivity index (χ0n) is 9.25. The number of piperidine rings is 1. The number of aromatic nitrogens is 1. The number of thiazole rings is 1. The summed E-state index contributed by atoms with van der Waals surface area (Å²) in [7, 11) is 0. The van der Waals surface area contributed by atoms with Crippen molar-refractivity contribution < 1.29 is 0 Å². The maximum Gasteiger partial charge on any atom is 0.0963 e. The Balaban J connectivity index is 1.81. The molecule has 0 bridgehead atoms. The predicted octanol–water partition coefficient (Wildman–Crippen LogP) is 2.80. The van der Waals surface area contributed by atoms with Gasteiger partial charge in [-0.1, -0.05) is 0 Å². The molecule has 82 valence electrons. The van der Waals surface area contributed by atoms with Gasteiger partial charge in [0, 0.05) is 16.7 Å². The maximum absolute atomic E-state index is 4.89. The Kier molecular flexibility index (Phi) is 2.53. The third kappa shape index (κ3) is 1.95. The van der Waals surface area contributed by atoms with Crippen molar-refractivity contribution >= 4 is 11.3 Å². The first-order valence-electron chi connectivity index (χ1n) is 6.02. The molecule has 0 atom stereocenters. The molecule has 2 nitrogen and oxygen atoms in total. The molecule has 15 heavy (non-hydrogen) atoms. The van der Waals surface area contributed by atoms with Crippen LogP contribution >= 0.6 is 11.3 Å². The van der Waals surface area contributed by atoms with Gasteiger partial charge in [-0.15, -0.1) is 11.3 Å². The van der Waals surface area contributed by atoms with E-state index in [-0.39, 0.29) is 0 Å². The largest absolute Gasteiger partial charge is 0.317 e. The number of hydrogen-bond acceptors (Lipinski definition) is 3. The molecule has 1 saturated heterocycles. The lowest BCUT2D eigenvalue weighted by atomic mass is 9.99. The second kappa shape index (κ2) is 3.87. The van der Waals surface area contributed by atoms with Gasteiger partial charge in [0.05, 0.1) is 10.7 Å². The summed E-state index contributed by atoms with van der Waals surface area (Å²) in [5, 5.41) is 4.83. The van der Waals surface area contributed by atoms with E-state index in [0.29, 0.717) is 0 Å². The molecule has 1 aromatic rings. The number of nitrogens with zero attached hydrogens (tertiary/aromatic N) is 1. The maximum atomic E-state index is 4.89. The third-order valence-electron chi connectivity index (χ3n) is 3.50. The lowest BCUT2D eigenvalue weighted by Gasteiger charge is -2.20. The summed E-state index contributed by atoms with van der Waals surface area (Å²) in [4.78, 5) is 6.36. The quantitative estimate of drug-likeness (QED) is 0.832. The van der Waals surface area contributed by atoms with Gasteiger partial charge in [0.15, 0.2) is 0 Å². The van der Waals surface area contributed by atoms with Crippen LogP contribution in [-0.2, 0) is 0 Å². The van der Waals surface area contributed by atoms with Gasteiger partial charge in [-0.25, -0.2) is 4.98 Å². The SMILES string of the molecule is Cc1sc(C2CCNCC2)nc1C1CC1. The van der Waals surface area contributed by atoms with Crippen molar-refractivity contribution in [2.75, 3.05) is 13.1 Å². The van der Waals surface area contributed by atoms with Crippen molar-refractivity contribution in [2.24, 2.45) is 0 Å². The molecule has 2 fully saturated rings. The van der Waals surface area contributed by atoms with Crippen LogP contribution in [0.15, 0.2) is 0 Å². The molecular weight excluding hydrogens is 204 g/mol. The van der Waals surface area contributed by atoms with E-state index in [2.05, 4.69) is 12.2 Å². The molecule has 1 N–H and O–H groups in total. The zero-order valence-corrected chi connectivity index (χ0v) is 10.1. The van der Waals surface area contributed by atoms with Gasteiger partial charge in [-0.2, -0.15) is 0 Å². The van der Waals surface area contributed by atoms with Crippen LogP contribution < -0.4 is 5.32 Å². The molecule has 0 spiro atoms. The molecule has 1 saturated carbocycles. The standard InChI is InChI=1S/C12H18N2S/c1-8-11(9-2-3-9)14-12(15-8)10-4-6-13-7-5-10/h9-10,13H,2-7H2,1H3. The van der Waals surface area contributed by atoms with E-state index in [4.69, 9.17) is 4.98 Å². The van der Waals surface area contributed by atoms with Gasteiger partial charge in [-0.3, -0.25) is 0 Å². The van der Waals surface area contributed by atoms with Crippen molar-refractivity contribution in [3.63, 3.8) is 0 Å². The normalized spacial score (nSPS) is 23.3. The van der Waals surface area contributed by atoms with Crippen LogP contribution in [0.1, 0.15) is 53.1 Å². The summed E-state index contributed by atoms with van der Waals surface area (Å²) in [6.45, 7) is 4.58. The molecule has 0 amide bonds. The first-order chi connectivity index (χ1) is 7.34. The van der Waals surface area contributed by atoms with E-state index in [1.165, 1.54) is 54.4 Å². The first kappa shape index (κ1) is 9.79. The Bertz CT molecular complexity index is 349. The molecule has 3 rings (SSSR count). The Morgan fingerprint density at radius 2 is 1.87 bits per heavy atom. The highest BCUT2D eigenvalue weighted by Crippen LogP contribution is 2.43. The van der Waals surface area contributed by atoms with Crippen molar-refractivity contribution in [1.82, 2.24) is 10.3 Å². The average Bonchev–Trinajstić information content (AvgIpc) is 3.04. The van der Waals surface area contributed by atoms with E-state index < -0.39 is 0 Å². The van der Waals surface area contributed by atoms with Gasteiger partial charge in [0.1, 0.15) is 0 Å². The fraction of sp³-hybridized carbons (Fsp3) is 0.750. The minimum atomic E-state index is 0.738. The molecule has 1 aliphatic heterocycles. The lowest BCUT2D eigenvalue weighted by Crippen LogP contribution is -2.26. The van der Waals surface area contributed by atoms with Gasteiger partial charge in [-0.05, 0) is 45.7 Å². The second-order valence-corrected chi connectivity index (χ2v) is 6.03. The topological polar surface area (TPSA) is 24.9 Å². The minimum absolute atomic E-state index is 0.738. The van der Waals surface area contributed by atoms with Gasteiger partial charge in [0.25, 0.3) is 0 Å². The summed E-state index contributed by atoms with van der Waals surface area (Å²) < 4.78 is 0. The smallest absolute Gasteiger partial charge is 0.0963 e. The van der Waals surface area contributed by atoms with E-state index in [9.17, 15) is 0 Å². The van der Waals surface area contributed by atoms with Crippen LogP contribution in [0, 0.1) is 6.92 Å². The summed E-state index contributed by atoms with van der Waals surface area (Å²) in [5.41, 5.74) is 1.42. The molecular formula is C12H18N2S. The third-order valence-corrected chi connectivity index (χ3v) is 4.65. The highest BCUT2D eigenvalue weighted by Gasteiger charge is 2.29. The van der Waals surface area contributed by atoms with Crippen molar-refractivity contribution in [2.45, 2.75) is 44.4 Å². The second-order valence-electron chi connectivity index (χ2n) is 4.79. The van der Waals surface area contributed by atoms with Crippen LogP contribution in [-0.4, -0.2) is 18.1 Å². The van der Waals surface area contributed by atoms with E-state index in [0.717, 1.165) is 11.8 Å². The minimum Gasteiger partial charge on any atom is -0.317 e. The van der Waals surface area contributed by atoms with Gasteiger partial charge < -0.3 is 5.32 Å². The van der Waals surface area contributed by atoms with Crippen LogP contribution in [0.3, 0.4) is 0 Å². The predicted molar refractivity (Wildman–Crippen MR) is 63.7 cm³/mol. The van der Waals surface area contributed by atoms with Crippen molar-refractivity contribution in [1.29, 1.82) is 0 Å². The fourth-order valence-electron chi connectivity index (χ4n) is 2.41. The van der Waals surface area contributed by atoms with Crippen LogP contribution in [0.25, 0.3) is 0 Å². The molecule has 0 aromatic carbocycles. The average molecular weight is 222 g/mol. The Labute approximate surface area is 95.1 Å². The van der Waals surface area contributed by atoms with Gasteiger partial charge >= 0.3 is 0 Å². The van der Waals surface area contributed by atoms with Crippen LogP contribution in [0.4, 0.5) is 0 Å². The highest BCUT2D eigenvalue weighted by molar-refractivity contribution is 7.11. The van der Waals surface area contributed by atoms with Crippen LogP contribution in [0.5, 0.6) is 0 Å². The highest BCUT2D eigenvalue weighted by atomic mass is 32.1. The molecule has 2 aliphatic rings. The fourth-order valence-corrected chi connectivity index (χ4v) is 3.59. The molecule has 2 heterocycles. The van der Waals surface area contributed by atoms with Crippen molar-refractivity contribution in [3.05, 3.63) is 15.6 Å². The Morgan fingerprint density at radius 1 is 1.13 bits per heavy atom. The lowest BCUT2D eigenvalue weighted by molar-refractivity contribution is 0.458. The Morgan fingerprint density at radius 3 is 2.53 bits per heavy atom. The number of nitrogens with one attached hydrogen (secondary N) is 1. The first-order valence-corrected chi connectivity index (χ1v) is 6.84. The molecule has 0 unspecified atom stereocenters. The Hall–Kier alpha value is -0.410. The number of hydrogen-bond donors (Lipinski definition) is 1. The number of aryl methyl sites for hydroxylation is 1. The number of rotatable bonds is 2. The molecule has 0 radical (unpaired) electrons.